The molecule has 0 radical (unpaired) electrons. The molecule has 0 heterocycles. The van der Waals surface area contributed by atoms with E-state index in [-0.39, 0.29) is 11.7 Å². The number of halogens is 3. The van der Waals surface area contributed by atoms with Gasteiger partial charge in [-0.2, -0.15) is 5.10 Å². The Balaban J connectivity index is 2.20. The summed E-state index contributed by atoms with van der Waals surface area (Å²) in [6, 6.07) is 8.66. The fourth-order valence-corrected chi connectivity index (χ4v) is 2.72. The lowest BCUT2D eigenvalue weighted by atomic mass is 10.2. The third kappa shape index (κ3) is 5.64. The number of rotatable bonds is 7. The van der Waals surface area contributed by atoms with Gasteiger partial charge < -0.3 is 15.2 Å². The van der Waals surface area contributed by atoms with Crippen molar-refractivity contribution in [1.82, 2.24) is 5.43 Å². The van der Waals surface area contributed by atoms with Crippen molar-refractivity contribution in [2.24, 2.45) is 10.8 Å². The molecule has 9 heteroatoms. The van der Waals surface area contributed by atoms with Crippen molar-refractivity contribution in [3.05, 3.63) is 56.5 Å². The van der Waals surface area contributed by atoms with Crippen LogP contribution in [0.2, 0.25) is 15.1 Å². The van der Waals surface area contributed by atoms with Crippen LogP contribution in [0.5, 0.6) is 11.5 Å². The van der Waals surface area contributed by atoms with Crippen LogP contribution in [0, 0.1) is 0 Å². The van der Waals surface area contributed by atoms with E-state index >= 15 is 0 Å². The van der Waals surface area contributed by atoms with Gasteiger partial charge in [-0.1, -0.05) is 34.8 Å². The van der Waals surface area contributed by atoms with Crippen LogP contribution in [0.3, 0.4) is 0 Å². The molecule has 3 N–H and O–H groups in total. The minimum atomic E-state index is 0.0847. The van der Waals surface area contributed by atoms with Crippen LogP contribution in [0.25, 0.3) is 0 Å². The van der Waals surface area contributed by atoms with E-state index in [2.05, 4.69) is 22.7 Å². The van der Waals surface area contributed by atoms with E-state index in [0.29, 0.717) is 38.7 Å². The zero-order valence-corrected chi connectivity index (χ0v) is 16.8. The summed E-state index contributed by atoms with van der Waals surface area (Å²) in [5, 5.41) is 5.25. The van der Waals surface area contributed by atoms with E-state index in [0.717, 1.165) is 5.56 Å². The lowest BCUT2D eigenvalue weighted by molar-refractivity contribution is 0.269. The molecule has 0 spiro atoms. The first-order valence-corrected chi connectivity index (χ1v) is 9.07. The second-order valence-corrected chi connectivity index (χ2v) is 6.62. The van der Waals surface area contributed by atoms with Crippen LogP contribution in [0.15, 0.2) is 35.4 Å². The SMILES string of the molecule is CCOc1cc(C=NNC(N)=S)ccc1OCc1c(Cl)ccc(Cl)c1Cl. The third-order valence-electron chi connectivity index (χ3n) is 3.17. The maximum absolute atomic E-state index is 6.20. The molecule has 138 valence electrons. The summed E-state index contributed by atoms with van der Waals surface area (Å²) in [7, 11) is 0. The third-order valence-corrected chi connectivity index (χ3v) is 4.46. The van der Waals surface area contributed by atoms with Gasteiger partial charge in [-0.25, -0.2) is 0 Å². The summed E-state index contributed by atoms with van der Waals surface area (Å²) in [5.41, 5.74) is 9.20. The normalized spacial score (nSPS) is 10.8. The molecule has 0 saturated heterocycles. The van der Waals surface area contributed by atoms with Crippen LogP contribution >= 0.6 is 47.0 Å². The molecule has 0 aliphatic heterocycles. The Bertz CT molecular complexity index is 831. The highest BCUT2D eigenvalue weighted by Gasteiger charge is 2.12. The molecule has 2 aromatic rings. The van der Waals surface area contributed by atoms with E-state index in [4.69, 9.17) is 50.0 Å². The molecule has 0 aliphatic rings. The van der Waals surface area contributed by atoms with Crippen molar-refractivity contribution < 1.29 is 9.47 Å². The number of hydrazone groups is 1. The average molecular weight is 433 g/mol. The first kappa shape index (κ1) is 20.6. The highest BCUT2D eigenvalue weighted by molar-refractivity contribution is 7.80. The Morgan fingerprint density at radius 1 is 1.15 bits per heavy atom. The maximum atomic E-state index is 6.20. The van der Waals surface area contributed by atoms with Gasteiger partial charge in [-0.15, -0.1) is 0 Å². The minimum Gasteiger partial charge on any atom is -0.490 e. The lowest BCUT2D eigenvalue weighted by Gasteiger charge is -2.14. The number of hydrogen-bond acceptors (Lipinski definition) is 4. The number of hydrogen-bond donors (Lipinski definition) is 2. The van der Waals surface area contributed by atoms with Crippen molar-refractivity contribution in [3.8, 4) is 11.5 Å². The van der Waals surface area contributed by atoms with Crippen LogP contribution in [0.4, 0.5) is 0 Å². The number of nitrogens with two attached hydrogens (primary N) is 1. The minimum absolute atomic E-state index is 0.0847. The highest BCUT2D eigenvalue weighted by atomic mass is 35.5. The monoisotopic (exact) mass is 431 g/mol. The Labute approximate surface area is 172 Å². The van der Waals surface area contributed by atoms with Gasteiger partial charge in [0.2, 0.25) is 0 Å². The quantitative estimate of drug-likeness (QED) is 0.285. The molecular formula is C17H16Cl3N3O2S. The molecule has 0 aromatic heterocycles. The molecule has 0 amide bonds. The summed E-state index contributed by atoms with van der Waals surface area (Å²) < 4.78 is 11.5. The largest absolute Gasteiger partial charge is 0.490 e. The molecule has 5 nitrogen and oxygen atoms in total. The predicted molar refractivity (Wildman–Crippen MR) is 111 cm³/mol. The average Bonchev–Trinajstić information content (AvgIpc) is 2.60. The van der Waals surface area contributed by atoms with Gasteiger partial charge in [-0.05, 0) is 55.0 Å². The number of nitrogens with zero attached hydrogens (tertiary/aromatic N) is 1. The van der Waals surface area contributed by atoms with Crippen LogP contribution < -0.4 is 20.6 Å². The number of nitrogens with one attached hydrogen (secondary N) is 1. The molecule has 2 aromatic carbocycles. The fourth-order valence-electron chi connectivity index (χ4n) is 2.01. The van der Waals surface area contributed by atoms with Crippen molar-refractivity contribution in [3.63, 3.8) is 0 Å². The zero-order valence-electron chi connectivity index (χ0n) is 13.8. The molecule has 0 fully saturated rings. The summed E-state index contributed by atoms with van der Waals surface area (Å²) in [5.74, 6) is 1.10. The number of thiocarbonyl (C=S) groups is 1. The van der Waals surface area contributed by atoms with Gasteiger partial charge in [-0.3, -0.25) is 5.43 Å². The molecule has 0 bridgehead atoms. The van der Waals surface area contributed by atoms with E-state index in [1.54, 1.807) is 30.5 Å². The van der Waals surface area contributed by atoms with E-state index in [9.17, 15) is 0 Å². The highest BCUT2D eigenvalue weighted by Crippen LogP contribution is 2.34. The van der Waals surface area contributed by atoms with Crippen LogP contribution in [0.1, 0.15) is 18.1 Å². The summed E-state index contributed by atoms with van der Waals surface area (Å²) in [4.78, 5) is 0. The van der Waals surface area contributed by atoms with Gasteiger partial charge in [0, 0.05) is 10.6 Å². The van der Waals surface area contributed by atoms with E-state index < -0.39 is 0 Å². The second kappa shape index (κ2) is 9.83. The Kier molecular flexibility index (Phi) is 7.78. The van der Waals surface area contributed by atoms with Gasteiger partial charge in [0.1, 0.15) is 6.61 Å². The topological polar surface area (TPSA) is 68.9 Å². The summed E-state index contributed by atoms with van der Waals surface area (Å²) in [6.07, 6.45) is 1.57. The summed E-state index contributed by atoms with van der Waals surface area (Å²) >= 11 is 23.1. The fraction of sp³-hybridized carbons (Fsp3) is 0.176. The van der Waals surface area contributed by atoms with Gasteiger partial charge in [0.15, 0.2) is 16.6 Å². The van der Waals surface area contributed by atoms with E-state index in [1.807, 2.05) is 13.0 Å². The van der Waals surface area contributed by atoms with Crippen molar-refractivity contribution in [2.45, 2.75) is 13.5 Å². The molecule has 0 aliphatic carbocycles. The second-order valence-electron chi connectivity index (χ2n) is 4.98. The Hall–Kier alpha value is -1.73. The molecule has 0 saturated carbocycles. The van der Waals surface area contributed by atoms with Gasteiger partial charge >= 0.3 is 0 Å². The zero-order chi connectivity index (χ0) is 19.1. The molecule has 0 unspecified atom stereocenters. The molecule has 0 atom stereocenters. The standard InChI is InChI=1S/C17H16Cl3N3O2S/c1-2-24-15-7-10(8-22-23-17(21)26)3-6-14(15)25-9-11-12(18)4-5-13(19)16(11)20/h3-8H,2,9H2,1H3,(H3,21,23,26). The Morgan fingerprint density at radius 2 is 1.88 bits per heavy atom. The predicted octanol–water partition coefficient (Wildman–Crippen LogP) is 4.79. The van der Waals surface area contributed by atoms with Crippen molar-refractivity contribution in [2.75, 3.05) is 6.61 Å². The van der Waals surface area contributed by atoms with Gasteiger partial charge in [0.05, 0.1) is 22.9 Å². The summed E-state index contributed by atoms with van der Waals surface area (Å²) in [6.45, 7) is 2.50. The van der Waals surface area contributed by atoms with Crippen molar-refractivity contribution in [1.29, 1.82) is 0 Å². The Morgan fingerprint density at radius 3 is 2.58 bits per heavy atom. The van der Waals surface area contributed by atoms with Gasteiger partial charge in [0.25, 0.3) is 0 Å². The maximum Gasteiger partial charge on any atom is 0.184 e. The molecular weight excluding hydrogens is 417 g/mol. The first-order valence-electron chi connectivity index (χ1n) is 7.53. The number of benzene rings is 2. The molecule has 2 rings (SSSR count). The van der Waals surface area contributed by atoms with E-state index in [1.165, 1.54) is 0 Å². The van der Waals surface area contributed by atoms with Crippen LogP contribution in [-0.2, 0) is 6.61 Å². The number of ether oxygens (including phenoxy) is 2. The lowest BCUT2D eigenvalue weighted by Crippen LogP contribution is -2.23. The smallest absolute Gasteiger partial charge is 0.184 e. The van der Waals surface area contributed by atoms with Crippen LogP contribution in [-0.4, -0.2) is 17.9 Å². The molecule has 26 heavy (non-hydrogen) atoms. The van der Waals surface area contributed by atoms with Crippen molar-refractivity contribution >= 4 is 58.3 Å². The first-order chi connectivity index (χ1) is 12.4.